The van der Waals surface area contributed by atoms with Gasteiger partial charge in [-0.3, -0.25) is 4.79 Å². The lowest BCUT2D eigenvalue weighted by Crippen LogP contribution is -2.49. The number of hydrogen-bond donors (Lipinski definition) is 0. The molecule has 3 saturated carbocycles. The maximum absolute atomic E-state index is 11.8. The molecule has 4 rings (SSSR count). The van der Waals surface area contributed by atoms with Crippen molar-refractivity contribution < 1.29 is 9.59 Å². The number of allylic oxidation sites excluding steroid dienone is 1. The molecule has 3 fully saturated rings. The molecule has 0 saturated heterocycles. The van der Waals surface area contributed by atoms with Crippen LogP contribution in [0.1, 0.15) is 78.6 Å². The molecule has 4 aliphatic rings. The van der Waals surface area contributed by atoms with Gasteiger partial charge < -0.3 is 4.79 Å². The zero-order valence-corrected chi connectivity index (χ0v) is 15.1. The van der Waals surface area contributed by atoms with E-state index in [-0.39, 0.29) is 0 Å². The van der Waals surface area contributed by atoms with Crippen LogP contribution in [0.3, 0.4) is 0 Å². The zero-order valence-electron chi connectivity index (χ0n) is 15.1. The number of ketones is 1. The van der Waals surface area contributed by atoms with Crippen molar-refractivity contribution in [3.8, 4) is 0 Å². The van der Waals surface area contributed by atoms with Crippen LogP contribution >= 0.6 is 0 Å². The molecule has 0 aromatic rings. The maximum atomic E-state index is 11.8. The maximum Gasteiger partial charge on any atom is 0.155 e. The highest BCUT2D eigenvalue weighted by molar-refractivity contribution is 5.91. The molecule has 0 aromatic carbocycles. The van der Waals surface area contributed by atoms with Crippen LogP contribution in [-0.2, 0) is 9.59 Å². The molecule has 4 aliphatic carbocycles. The van der Waals surface area contributed by atoms with Crippen molar-refractivity contribution in [3.63, 3.8) is 0 Å². The average molecular weight is 316 g/mol. The van der Waals surface area contributed by atoms with Crippen LogP contribution in [-0.4, -0.2) is 12.1 Å². The van der Waals surface area contributed by atoms with Crippen LogP contribution in [0.15, 0.2) is 11.6 Å². The van der Waals surface area contributed by atoms with Crippen LogP contribution in [0, 0.1) is 28.6 Å². The summed E-state index contributed by atoms with van der Waals surface area (Å²) in [6.07, 6.45) is 14.5. The van der Waals surface area contributed by atoms with Gasteiger partial charge in [-0.25, -0.2) is 0 Å². The minimum atomic E-state index is 0.362. The van der Waals surface area contributed by atoms with E-state index in [0.29, 0.717) is 16.6 Å². The molecule has 5 atom stereocenters. The molecule has 0 heterocycles. The number of aldehydes is 1. The second-order valence-electron chi connectivity index (χ2n) is 8.79. The predicted molar refractivity (Wildman–Crippen MR) is 93.1 cm³/mol. The molecule has 2 heteroatoms. The van der Waals surface area contributed by atoms with Gasteiger partial charge in [-0.2, -0.15) is 0 Å². The van der Waals surface area contributed by atoms with Crippen molar-refractivity contribution in [2.24, 2.45) is 28.6 Å². The van der Waals surface area contributed by atoms with Gasteiger partial charge in [-0.15, -0.1) is 0 Å². The first-order chi connectivity index (χ1) is 10.9. The van der Waals surface area contributed by atoms with Crippen LogP contribution in [0.25, 0.3) is 0 Å². The summed E-state index contributed by atoms with van der Waals surface area (Å²) < 4.78 is 0. The Morgan fingerprint density at radius 2 is 1.78 bits per heavy atom. The molecule has 23 heavy (non-hydrogen) atoms. The van der Waals surface area contributed by atoms with E-state index in [1.54, 1.807) is 0 Å². The minimum absolute atomic E-state index is 0.362. The normalized spacial score (nSPS) is 44.9. The van der Waals surface area contributed by atoms with Gasteiger partial charge in [0.2, 0.25) is 0 Å². The van der Waals surface area contributed by atoms with E-state index in [0.717, 1.165) is 36.9 Å². The number of rotatable bonds is 0. The summed E-state index contributed by atoms with van der Waals surface area (Å²) in [4.78, 5) is 20.6. The van der Waals surface area contributed by atoms with Gasteiger partial charge in [0.05, 0.1) is 0 Å². The number of carbonyl (C=O) groups excluding carboxylic acids is 2. The molecule has 0 radical (unpaired) electrons. The highest BCUT2D eigenvalue weighted by Gasteiger charge is 2.55. The Morgan fingerprint density at radius 1 is 1.04 bits per heavy atom. The Morgan fingerprint density at radius 3 is 2.52 bits per heavy atom. The van der Waals surface area contributed by atoms with Gasteiger partial charge in [0.25, 0.3) is 0 Å². The summed E-state index contributed by atoms with van der Waals surface area (Å²) >= 11 is 0. The third-order valence-electron chi connectivity index (χ3n) is 7.74. The molecular formula is C21H32O2. The van der Waals surface area contributed by atoms with E-state index in [9.17, 15) is 4.79 Å². The van der Waals surface area contributed by atoms with Crippen molar-refractivity contribution in [3.05, 3.63) is 11.6 Å². The summed E-state index contributed by atoms with van der Waals surface area (Å²) in [5.41, 5.74) is 2.53. The zero-order chi connectivity index (χ0) is 16.7. The molecule has 0 N–H and O–H groups in total. The Kier molecular flexibility index (Phi) is 4.55. The molecule has 0 aliphatic heterocycles. The summed E-state index contributed by atoms with van der Waals surface area (Å²) in [6.45, 7) is 6.50. The van der Waals surface area contributed by atoms with Crippen LogP contribution < -0.4 is 0 Å². The van der Waals surface area contributed by atoms with Gasteiger partial charge in [0, 0.05) is 6.42 Å². The smallest absolute Gasteiger partial charge is 0.155 e. The van der Waals surface area contributed by atoms with E-state index in [1.165, 1.54) is 57.4 Å². The summed E-state index contributed by atoms with van der Waals surface area (Å²) in [5, 5.41) is 0. The second-order valence-corrected chi connectivity index (χ2v) is 8.79. The lowest BCUT2D eigenvalue weighted by molar-refractivity contribution is -0.117. The SMILES string of the molecule is CC=O.C[C@@]12CCCC1C1CCC3=CC(=O)CC[C@]3(C)C1CC2. The monoisotopic (exact) mass is 316 g/mol. The Labute approximate surface area is 141 Å². The molecule has 0 spiro atoms. The fourth-order valence-electron chi connectivity index (χ4n) is 6.55. The third-order valence-corrected chi connectivity index (χ3v) is 7.74. The van der Waals surface area contributed by atoms with E-state index < -0.39 is 0 Å². The fraction of sp³-hybridized carbons (Fsp3) is 0.810. The lowest BCUT2D eigenvalue weighted by Gasteiger charge is -2.57. The molecule has 2 nitrogen and oxygen atoms in total. The first kappa shape index (κ1) is 16.9. The summed E-state index contributed by atoms with van der Waals surface area (Å²) in [5.74, 6) is 3.19. The average Bonchev–Trinajstić information content (AvgIpc) is 2.90. The molecular weight excluding hydrogens is 284 g/mol. The second kappa shape index (κ2) is 6.18. The molecule has 3 unspecified atom stereocenters. The van der Waals surface area contributed by atoms with Crippen molar-refractivity contribution in [1.29, 1.82) is 0 Å². The molecule has 0 amide bonds. The first-order valence-corrected chi connectivity index (χ1v) is 9.58. The predicted octanol–water partition coefficient (Wildman–Crippen LogP) is 5.11. The van der Waals surface area contributed by atoms with Crippen molar-refractivity contribution in [2.75, 3.05) is 0 Å². The fourth-order valence-corrected chi connectivity index (χ4v) is 6.55. The number of fused-ring (bicyclic) bond motifs is 5. The van der Waals surface area contributed by atoms with E-state index >= 15 is 0 Å². The van der Waals surface area contributed by atoms with Crippen molar-refractivity contribution in [1.82, 2.24) is 0 Å². The molecule has 128 valence electrons. The summed E-state index contributed by atoms with van der Waals surface area (Å²) in [7, 11) is 0. The Hall–Kier alpha value is -0.920. The van der Waals surface area contributed by atoms with E-state index in [1.807, 2.05) is 6.08 Å². The van der Waals surface area contributed by atoms with Crippen LogP contribution in [0.4, 0.5) is 0 Å². The standard InChI is InChI=1S/C19H28O.C2H4O/c1-18-9-3-4-16(18)15-6-5-13-12-14(20)7-11-19(13,2)17(15)8-10-18;1-2-3/h12,15-17H,3-11H2,1-2H3;2H,1H3/t15?,16?,17?,18-,19-;/m0./s1. The third kappa shape index (κ3) is 2.72. The minimum Gasteiger partial charge on any atom is -0.304 e. The van der Waals surface area contributed by atoms with Crippen molar-refractivity contribution >= 4 is 12.1 Å². The Balaban J connectivity index is 0.000000485. The summed E-state index contributed by atoms with van der Waals surface area (Å²) in [6, 6.07) is 0. The van der Waals surface area contributed by atoms with E-state index in [2.05, 4.69) is 13.8 Å². The molecule has 0 bridgehead atoms. The largest absolute Gasteiger partial charge is 0.304 e. The topological polar surface area (TPSA) is 34.1 Å². The van der Waals surface area contributed by atoms with E-state index in [4.69, 9.17) is 4.79 Å². The van der Waals surface area contributed by atoms with Gasteiger partial charge in [-0.1, -0.05) is 25.8 Å². The molecule has 0 aromatic heterocycles. The quantitative estimate of drug-likeness (QED) is 0.582. The van der Waals surface area contributed by atoms with Crippen LogP contribution in [0.2, 0.25) is 0 Å². The number of hydrogen-bond acceptors (Lipinski definition) is 2. The first-order valence-electron chi connectivity index (χ1n) is 9.58. The van der Waals surface area contributed by atoms with Crippen molar-refractivity contribution in [2.45, 2.75) is 78.6 Å². The highest BCUT2D eigenvalue weighted by atomic mass is 16.1. The van der Waals surface area contributed by atoms with Crippen LogP contribution in [0.5, 0.6) is 0 Å². The van der Waals surface area contributed by atoms with Gasteiger partial charge in [0.1, 0.15) is 6.29 Å². The lowest BCUT2D eigenvalue weighted by atomic mass is 9.47. The number of carbonyl (C=O) groups is 2. The highest BCUT2D eigenvalue weighted by Crippen LogP contribution is 2.65. The van der Waals surface area contributed by atoms with Gasteiger partial charge in [0.15, 0.2) is 5.78 Å². The Bertz CT molecular complexity index is 520. The van der Waals surface area contributed by atoms with Gasteiger partial charge >= 0.3 is 0 Å². The van der Waals surface area contributed by atoms with Gasteiger partial charge in [-0.05, 0) is 86.5 Å².